The zero-order chi connectivity index (χ0) is 26.6. The van der Waals surface area contributed by atoms with Crippen LogP contribution in [0.15, 0.2) is 12.1 Å². The first-order chi connectivity index (χ1) is 17.1. The van der Waals surface area contributed by atoms with Gasteiger partial charge in [-0.2, -0.15) is 0 Å². The molecular weight excluding hydrogens is 462 g/mol. The lowest BCUT2D eigenvalue weighted by Gasteiger charge is -2.81. The summed E-state index contributed by atoms with van der Waals surface area (Å²) in [6.45, 7) is 16.6. The van der Waals surface area contributed by atoms with E-state index < -0.39 is 27.4 Å². The lowest BCUT2D eigenvalue weighted by atomic mass is 9.23. The van der Waals surface area contributed by atoms with Crippen LogP contribution < -0.4 is 4.74 Å². The average molecular weight is 508 g/mol. The normalized spacial score (nSPS) is 45.2. The summed E-state index contributed by atoms with van der Waals surface area (Å²) in [5.74, 6) is 1.74. The number of fused-ring (bicyclic) bond motifs is 2. The van der Waals surface area contributed by atoms with Crippen LogP contribution in [0.3, 0.4) is 0 Å². The molecule has 2 N–H and O–H groups in total. The van der Waals surface area contributed by atoms with Gasteiger partial charge in [-0.3, -0.25) is 9.69 Å². The Balaban J connectivity index is 1.57. The van der Waals surface area contributed by atoms with Gasteiger partial charge in [-0.1, -0.05) is 33.8 Å². The Hall–Kier alpha value is -1.59. The second-order valence-electron chi connectivity index (χ2n) is 15.3. The van der Waals surface area contributed by atoms with Crippen LogP contribution >= 0.6 is 0 Å². The molecule has 0 amide bonds. The molecule has 1 saturated heterocycles. The van der Waals surface area contributed by atoms with Gasteiger partial charge in [0, 0.05) is 34.4 Å². The highest BCUT2D eigenvalue weighted by molar-refractivity contribution is 5.88. The van der Waals surface area contributed by atoms with Crippen LogP contribution in [-0.4, -0.2) is 51.2 Å². The fourth-order valence-electron chi connectivity index (χ4n) is 11.4. The van der Waals surface area contributed by atoms with E-state index in [0.29, 0.717) is 11.8 Å². The highest BCUT2D eigenvalue weighted by atomic mass is 16.5. The van der Waals surface area contributed by atoms with Crippen LogP contribution in [0.4, 0.5) is 0 Å². The number of aliphatic hydroxyl groups is 1. The van der Waals surface area contributed by atoms with Crippen molar-refractivity contribution < 1.29 is 19.7 Å². The first-order valence-corrected chi connectivity index (χ1v) is 14.7. The summed E-state index contributed by atoms with van der Waals surface area (Å²) < 4.78 is 7.12. The van der Waals surface area contributed by atoms with Gasteiger partial charge in [-0.15, -0.1) is 0 Å². The molecular formula is C32H45NO4. The number of piperidine rings is 1. The topological polar surface area (TPSA) is 70.0 Å². The van der Waals surface area contributed by atoms with Crippen molar-refractivity contribution in [2.24, 2.45) is 27.6 Å². The number of nitrogens with zero attached hydrogens (tertiary/aromatic N) is 1. The summed E-state index contributed by atoms with van der Waals surface area (Å²) >= 11 is 0. The lowest BCUT2D eigenvalue weighted by molar-refractivity contribution is -0.339. The quantitative estimate of drug-likeness (QED) is 0.572. The van der Waals surface area contributed by atoms with Crippen molar-refractivity contribution >= 4 is 5.78 Å². The molecule has 1 aromatic rings. The number of likely N-dealkylation sites (tertiary alicyclic amines) is 1. The molecule has 4 saturated carbocycles. The third-order valence-electron chi connectivity index (χ3n) is 13.6. The molecule has 37 heavy (non-hydrogen) atoms. The summed E-state index contributed by atoms with van der Waals surface area (Å²) in [7, 11) is 0. The number of rotatable bonds is 4. The first-order valence-electron chi connectivity index (χ1n) is 14.7. The summed E-state index contributed by atoms with van der Waals surface area (Å²) in [5, 5.41) is 23.8. The standard InChI is InChI=1S/C32H45NO4/c1-19(34)31-13-12-30(18-27(31,5)28(6,36)26(2,3)4)23-16-21-10-11-22(35)25-24(21)32(30,29(31,7)37-25)14-15-33(23)17-20-8-9-20/h10-11,20,23,35-36H,8-9,12-18H2,1-7H3/t23-,27-,28-,29-,30-,31-,32+/m1/s1. The van der Waals surface area contributed by atoms with Crippen molar-refractivity contribution in [1.82, 2.24) is 4.90 Å². The Bertz CT molecular complexity index is 1230. The van der Waals surface area contributed by atoms with E-state index in [1.807, 2.05) is 6.92 Å². The summed E-state index contributed by atoms with van der Waals surface area (Å²) in [4.78, 5) is 17.1. The van der Waals surface area contributed by atoms with Crippen LogP contribution in [0.5, 0.6) is 11.5 Å². The fourth-order valence-corrected chi connectivity index (χ4v) is 11.4. The number of carbonyl (C=O) groups excluding carboxylic acids is 1. The predicted octanol–water partition coefficient (Wildman–Crippen LogP) is 5.38. The molecule has 1 aromatic carbocycles. The summed E-state index contributed by atoms with van der Waals surface area (Å²) in [5.41, 5.74) is -1.93. The number of ether oxygens (including phenoxy) is 1. The van der Waals surface area contributed by atoms with Crippen molar-refractivity contribution in [2.75, 3.05) is 13.1 Å². The van der Waals surface area contributed by atoms with Gasteiger partial charge in [0.1, 0.15) is 11.4 Å². The predicted molar refractivity (Wildman–Crippen MR) is 143 cm³/mol. The Kier molecular flexibility index (Phi) is 4.35. The maximum Gasteiger partial charge on any atom is 0.166 e. The minimum Gasteiger partial charge on any atom is -0.504 e. The molecule has 5 heteroatoms. The van der Waals surface area contributed by atoms with Crippen molar-refractivity contribution in [1.29, 1.82) is 0 Å². The van der Waals surface area contributed by atoms with Gasteiger partial charge in [0.2, 0.25) is 0 Å². The molecule has 2 spiro atoms. The van der Waals surface area contributed by atoms with Gasteiger partial charge in [-0.25, -0.2) is 0 Å². The number of phenols is 1. The minimum atomic E-state index is -1.11. The van der Waals surface area contributed by atoms with Crippen LogP contribution in [0.25, 0.3) is 0 Å². The molecule has 7 atom stereocenters. The van der Waals surface area contributed by atoms with E-state index >= 15 is 0 Å². The fraction of sp³-hybridized carbons (Fsp3) is 0.781. The maximum atomic E-state index is 14.3. The van der Waals surface area contributed by atoms with Crippen LogP contribution in [0.2, 0.25) is 0 Å². The number of hydrogen-bond acceptors (Lipinski definition) is 5. The smallest absolute Gasteiger partial charge is 0.166 e. The molecule has 2 aliphatic heterocycles. The molecule has 8 rings (SSSR count). The molecule has 4 bridgehead atoms. The highest BCUT2D eigenvalue weighted by Crippen LogP contribution is 2.86. The van der Waals surface area contributed by atoms with Gasteiger partial charge in [0.15, 0.2) is 11.5 Å². The Morgan fingerprint density at radius 2 is 1.84 bits per heavy atom. The number of ketones is 1. The number of carbonyl (C=O) groups is 1. The van der Waals surface area contributed by atoms with E-state index in [1.165, 1.54) is 24.0 Å². The molecule has 5 nitrogen and oxygen atoms in total. The molecule has 202 valence electrons. The lowest BCUT2D eigenvalue weighted by Crippen LogP contribution is -2.88. The molecule has 5 aliphatic carbocycles. The van der Waals surface area contributed by atoms with Crippen molar-refractivity contribution in [3.05, 3.63) is 23.3 Å². The molecule has 7 aliphatic rings. The van der Waals surface area contributed by atoms with E-state index in [0.717, 1.165) is 51.1 Å². The van der Waals surface area contributed by atoms with Gasteiger partial charge in [0.05, 0.1) is 11.0 Å². The van der Waals surface area contributed by atoms with Gasteiger partial charge in [0.25, 0.3) is 0 Å². The molecule has 5 fully saturated rings. The van der Waals surface area contributed by atoms with Gasteiger partial charge in [-0.05, 0) is 95.2 Å². The van der Waals surface area contributed by atoms with Crippen molar-refractivity contribution in [3.63, 3.8) is 0 Å². The van der Waals surface area contributed by atoms with E-state index in [-0.39, 0.29) is 22.4 Å². The van der Waals surface area contributed by atoms with E-state index in [1.54, 1.807) is 13.0 Å². The SMILES string of the molecule is CC(=O)[C@]12CC[C@@]3(C[C@]1(C)[C@](C)(O)C(C)(C)C)[C@H]1Cc4ccc(O)c5c4[C@@]3(CCN1CC1CC1)[C@]2(C)O5. The zero-order valence-electron chi connectivity index (χ0n) is 23.8. The van der Waals surface area contributed by atoms with Gasteiger partial charge >= 0.3 is 0 Å². The Morgan fingerprint density at radius 1 is 1.14 bits per heavy atom. The van der Waals surface area contributed by atoms with Crippen molar-refractivity contribution in [2.45, 2.75) is 116 Å². The third kappa shape index (κ3) is 2.26. The zero-order valence-corrected chi connectivity index (χ0v) is 23.8. The monoisotopic (exact) mass is 507 g/mol. The van der Waals surface area contributed by atoms with E-state index in [4.69, 9.17) is 4.74 Å². The second-order valence-corrected chi connectivity index (χ2v) is 15.3. The number of phenolic OH excluding ortho intramolecular Hbond substituents is 1. The average Bonchev–Trinajstić information content (AvgIpc) is 3.55. The van der Waals surface area contributed by atoms with E-state index in [9.17, 15) is 15.0 Å². The summed E-state index contributed by atoms with van der Waals surface area (Å²) in [6, 6.07) is 4.28. The van der Waals surface area contributed by atoms with Gasteiger partial charge < -0.3 is 14.9 Å². The van der Waals surface area contributed by atoms with Crippen molar-refractivity contribution in [3.8, 4) is 11.5 Å². The molecule has 2 heterocycles. The van der Waals surface area contributed by atoms with E-state index in [2.05, 4.69) is 45.6 Å². The Labute approximate surface area is 222 Å². The molecule has 0 radical (unpaired) electrons. The first kappa shape index (κ1) is 24.5. The summed E-state index contributed by atoms with van der Waals surface area (Å²) in [6.07, 6.45) is 7.07. The minimum absolute atomic E-state index is 0.123. The van der Waals surface area contributed by atoms with Crippen LogP contribution in [0.1, 0.15) is 98.1 Å². The number of benzene rings is 1. The highest BCUT2D eigenvalue weighted by Gasteiger charge is 2.90. The van der Waals surface area contributed by atoms with Crippen LogP contribution in [-0.2, 0) is 16.6 Å². The third-order valence-corrected chi connectivity index (χ3v) is 13.6. The largest absolute Gasteiger partial charge is 0.504 e. The maximum absolute atomic E-state index is 14.3. The number of aromatic hydroxyl groups is 1. The molecule has 0 unspecified atom stereocenters. The number of hydrogen-bond donors (Lipinski definition) is 2. The number of Topliss-reactive ketones (excluding diaryl/α,β-unsaturated/α-hetero) is 1. The molecule has 0 aromatic heterocycles. The second kappa shape index (κ2) is 6.58. The van der Waals surface area contributed by atoms with Crippen LogP contribution in [0, 0.1) is 27.6 Å². The Morgan fingerprint density at radius 3 is 2.46 bits per heavy atom.